The quantitative estimate of drug-likeness (QED) is 0.856. The van der Waals surface area contributed by atoms with Gasteiger partial charge in [-0.2, -0.15) is 11.8 Å². The molecule has 2 rings (SSSR count). The molecule has 0 aliphatic heterocycles. The van der Waals surface area contributed by atoms with Gasteiger partial charge in [0.25, 0.3) is 0 Å². The van der Waals surface area contributed by atoms with Gasteiger partial charge in [-0.25, -0.2) is 0 Å². The molecule has 1 aliphatic rings. The van der Waals surface area contributed by atoms with Gasteiger partial charge in [-0.3, -0.25) is 0 Å². The first-order valence-corrected chi connectivity index (χ1v) is 8.25. The summed E-state index contributed by atoms with van der Waals surface area (Å²) < 4.78 is 0. The third-order valence-electron chi connectivity index (χ3n) is 3.72. The van der Waals surface area contributed by atoms with E-state index < -0.39 is 0 Å². The highest BCUT2D eigenvalue weighted by atomic mass is 32.2. The molecule has 0 radical (unpaired) electrons. The molecular formula is C16H25NS. The molecule has 0 bridgehead atoms. The monoisotopic (exact) mass is 263 g/mol. The lowest BCUT2D eigenvalue weighted by Crippen LogP contribution is -2.40. The smallest absolute Gasteiger partial charge is 0.0204 e. The molecule has 1 nitrogen and oxygen atoms in total. The molecule has 1 fully saturated rings. The van der Waals surface area contributed by atoms with Crippen molar-refractivity contribution in [1.82, 2.24) is 5.32 Å². The van der Waals surface area contributed by atoms with E-state index in [1.54, 1.807) is 0 Å². The van der Waals surface area contributed by atoms with E-state index in [1.807, 2.05) is 0 Å². The lowest BCUT2D eigenvalue weighted by molar-refractivity contribution is 0.391. The normalized spacial score (nSPS) is 24.1. The molecule has 1 saturated carbocycles. The molecule has 0 spiro atoms. The molecule has 1 N–H and O–H groups in total. The van der Waals surface area contributed by atoms with Crippen molar-refractivity contribution in [2.24, 2.45) is 0 Å². The molecule has 0 amide bonds. The third-order valence-corrected chi connectivity index (χ3v) is 5.21. The predicted molar refractivity (Wildman–Crippen MR) is 82.2 cm³/mol. The Morgan fingerprint density at radius 2 is 2.11 bits per heavy atom. The van der Waals surface area contributed by atoms with Crippen LogP contribution in [-0.2, 0) is 5.75 Å². The lowest BCUT2D eigenvalue weighted by atomic mass is 9.95. The maximum atomic E-state index is 3.66. The summed E-state index contributed by atoms with van der Waals surface area (Å²) in [6.45, 7) is 5.50. The zero-order chi connectivity index (χ0) is 12.8. The van der Waals surface area contributed by atoms with Crippen LogP contribution >= 0.6 is 11.8 Å². The second-order valence-electron chi connectivity index (χ2n) is 5.29. The van der Waals surface area contributed by atoms with E-state index in [4.69, 9.17) is 0 Å². The number of nitrogens with one attached hydrogen (secondary N) is 1. The van der Waals surface area contributed by atoms with Crippen molar-refractivity contribution in [2.45, 2.75) is 56.6 Å². The maximum absolute atomic E-state index is 3.66. The molecule has 2 unspecified atom stereocenters. The zero-order valence-corrected chi connectivity index (χ0v) is 12.4. The van der Waals surface area contributed by atoms with Gasteiger partial charge in [0.2, 0.25) is 0 Å². The number of thioether (sulfide) groups is 1. The number of benzene rings is 1. The number of hydrogen-bond donors (Lipinski definition) is 1. The summed E-state index contributed by atoms with van der Waals surface area (Å²) in [7, 11) is 0. The van der Waals surface area contributed by atoms with Crippen molar-refractivity contribution in [3.05, 3.63) is 35.4 Å². The minimum Gasteiger partial charge on any atom is -0.313 e. The summed E-state index contributed by atoms with van der Waals surface area (Å²) in [5.74, 6) is 1.16. The van der Waals surface area contributed by atoms with Crippen LogP contribution in [0.4, 0.5) is 0 Å². The van der Waals surface area contributed by atoms with E-state index in [1.165, 1.54) is 36.8 Å². The molecule has 1 aromatic carbocycles. The van der Waals surface area contributed by atoms with Crippen LogP contribution in [0.3, 0.4) is 0 Å². The second-order valence-corrected chi connectivity index (χ2v) is 6.51. The first-order chi connectivity index (χ1) is 8.79. The van der Waals surface area contributed by atoms with Crippen molar-refractivity contribution in [2.75, 3.05) is 6.54 Å². The topological polar surface area (TPSA) is 12.0 Å². The Morgan fingerprint density at radius 3 is 2.89 bits per heavy atom. The van der Waals surface area contributed by atoms with Gasteiger partial charge in [0.15, 0.2) is 0 Å². The van der Waals surface area contributed by atoms with Crippen molar-refractivity contribution in [3.8, 4) is 0 Å². The second kappa shape index (κ2) is 7.20. The van der Waals surface area contributed by atoms with Crippen LogP contribution in [0.1, 0.15) is 43.7 Å². The van der Waals surface area contributed by atoms with Crippen LogP contribution < -0.4 is 5.32 Å². The van der Waals surface area contributed by atoms with Crippen molar-refractivity contribution >= 4 is 11.8 Å². The van der Waals surface area contributed by atoms with E-state index in [2.05, 4.69) is 55.2 Å². The van der Waals surface area contributed by atoms with Crippen LogP contribution in [0.2, 0.25) is 0 Å². The van der Waals surface area contributed by atoms with Gasteiger partial charge in [-0.05, 0) is 31.9 Å². The average molecular weight is 263 g/mol. The van der Waals surface area contributed by atoms with Gasteiger partial charge in [0, 0.05) is 17.0 Å². The largest absolute Gasteiger partial charge is 0.313 e. The molecule has 1 aromatic rings. The van der Waals surface area contributed by atoms with Gasteiger partial charge in [0.1, 0.15) is 0 Å². The van der Waals surface area contributed by atoms with Gasteiger partial charge >= 0.3 is 0 Å². The highest BCUT2D eigenvalue weighted by molar-refractivity contribution is 7.99. The van der Waals surface area contributed by atoms with Gasteiger partial charge in [-0.1, -0.05) is 49.6 Å². The van der Waals surface area contributed by atoms with Crippen LogP contribution in [0.25, 0.3) is 0 Å². The van der Waals surface area contributed by atoms with E-state index in [-0.39, 0.29) is 0 Å². The Morgan fingerprint density at radius 1 is 1.28 bits per heavy atom. The summed E-state index contributed by atoms with van der Waals surface area (Å²) in [5, 5.41) is 4.47. The SMILES string of the molecule is CCNC1CCCCC1SCc1cccc(C)c1. The Bertz CT molecular complexity index is 362. The van der Waals surface area contributed by atoms with Crippen LogP contribution in [0, 0.1) is 6.92 Å². The standard InChI is InChI=1S/C16H25NS/c1-3-17-15-9-4-5-10-16(15)18-12-14-8-6-7-13(2)11-14/h6-8,11,15-17H,3-5,9-10,12H2,1-2H3. The molecule has 2 atom stereocenters. The molecule has 100 valence electrons. The summed E-state index contributed by atoms with van der Waals surface area (Å²) in [6, 6.07) is 9.66. The van der Waals surface area contributed by atoms with Gasteiger partial charge < -0.3 is 5.32 Å². The van der Waals surface area contributed by atoms with Crippen LogP contribution in [-0.4, -0.2) is 17.8 Å². The predicted octanol–water partition coefficient (Wildman–Crippen LogP) is 4.15. The third kappa shape index (κ3) is 4.03. The molecule has 0 aromatic heterocycles. The van der Waals surface area contributed by atoms with Crippen LogP contribution in [0.5, 0.6) is 0 Å². The van der Waals surface area contributed by atoms with E-state index in [0.717, 1.165) is 23.6 Å². The fourth-order valence-corrected chi connectivity index (χ4v) is 4.18. The molecule has 0 saturated heterocycles. The van der Waals surface area contributed by atoms with Gasteiger partial charge in [-0.15, -0.1) is 0 Å². The van der Waals surface area contributed by atoms with Crippen molar-refractivity contribution in [3.63, 3.8) is 0 Å². The molecule has 1 aliphatic carbocycles. The summed E-state index contributed by atoms with van der Waals surface area (Å²) in [5.41, 5.74) is 2.85. The Hall–Kier alpha value is -0.470. The number of aryl methyl sites for hydroxylation is 1. The lowest BCUT2D eigenvalue weighted by Gasteiger charge is -2.31. The highest BCUT2D eigenvalue weighted by Crippen LogP contribution is 2.31. The fourth-order valence-electron chi connectivity index (χ4n) is 2.80. The minimum absolute atomic E-state index is 0.735. The summed E-state index contributed by atoms with van der Waals surface area (Å²) >= 11 is 2.14. The maximum Gasteiger partial charge on any atom is 0.0204 e. The van der Waals surface area contributed by atoms with E-state index in [0.29, 0.717) is 0 Å². The van der Waals surface area contributed by atoms with Crippen molar-refractivity contribution < 1.29 is 0 Å². The summed E-state index contributed by atoms with van der Waals surface area (Å²) in [4.78, 5) is 0. The zero-order valence-electron chi connectivity index (χ0n) is 11.6. The molecule has 0 heterocycles. The first-order valence-electron chi connectivity index (χ1n) is 7.20. The highest BCUT2D eigenvalue weighted by Gasteiger charge is 2.24. The minimum atomic E-state index is 0.735. The Kier molecular flexibility index (Phi) is 5.58. The number of rotatable bonds is 5. The van der Waals surface area contributed by atoms with E-state index in [9.17, 15) is 0 Å². The Labute approximate surface area is 116 Å². The van der Waals surface area contributed by atoms with E-state index >= 15 is 0 Å². The first kappa shape index (κ1) is 14.0. The van der Waals surface area contributed by atoms with Crippen molar-refractivity contribution in [1.29, 1.82) is 0 Å². The fraction of sp³-hybridized carbons (Fsp3) is 0.625. The number of hydrogen-bond acceptors (Lipinski definition) is 2. The Balaban J connectivity index is 1.87. The van der Waals surface area contributed by atoms with Gasteiger partial charge in [0.05, 0.1) is 0 Å². The summed E-state index contributed by atoms with van der Waals surface area (Å²) in [6.07, 6.45) is 5.56. The molecule has 2 heteroatoms. The van der Waals surface area contributed by atoms with Crippen LogP contribution in [0.15, 0.2) is 24.3 Å². The average Bonchev–Trinajstić information content (AvgIpc) is 2.38. The molecule has 18 heavy (non-hydrogen) atoms. The molecular weight excluding hydrogens is 238 g/mol.